The van der Waals surface area contributed by atoms with Gasteiger partial charge < -0.3 is 10.5 Å². The highest BCUT2D eigenvalue weighted by Gasteiger charge is 2.25. The fourth-order valence-electron chi connectivity index (χ4n) is 5.39. The number of aryl methyl sites for hydroxylation is 1. The van der Waals surface area contributed by atoms with Crippen molar-refractivity contribution in [2.75, 3.05) is 32.0 Å². The minimum Gasteiger partial charge on any atom is -0.489 e. The van der Waals surface area contributed by atoms with E-state index in [2.05, 4.69) is 23.1 Å². The molecule has 1 saturated heterocycles. The number of ether oxygens (including phenoxy) is 1. The summed E-state index contributed by atoms with van der Waals surface area (Å²) in [4.78, 5) is 2.26. The number of nitrogen functional groups attached to an aromatic ring is 1. The maximum Gasteiger partial charge on any atom is 0.124 e. The van der Waals surface area contributed by atoms with Gasteiger partial charge in [0, 0.05) is 25.3 Å². The minimum atomic E-state index is -0.346. The van der Waals surface area contributed by atoms with E-state index < -0.39 is 0 Å². The number of likely N-dealkylation sites (tertiary alicyclic amines) is 1. The maximum atomic E-state index is 13.9. The van der Waals surface area contributed by atoms with Crippen LogP contribution in [-0.4, -0.2) is 37.3 Å². The molecule has 6 heteroatoms. The summed E-state index contributed by atoms with van der Waals surface area (Å²) in [6.45, 7) is 2.27. The van der Waals surface area contributed by atoms with Gasteiger partial charge in [-0.15, -0.1) is 0 Å². The quantitative estimate of drug-likeness (QED) is 0.344. The average molecular weight is 509 g/mol. The molecule has 1 heterocycles. The van der Waals surface area contributed by atoms with Crippen molar-refractivity contribution in [3.8, 4) is 5.75 Å². The lowest BCUT2D eigenvalue weighted by molar-refractivity contribution is 0.198. The molecule has 2 aliphatic rings. The second-order valence-corrected chi connectivity index (χ2v) is 10.1. The Morgan fingerprint density at radius 2 is 1.83 bits per heavy atom. The van der Waals surface area contributed by atoms with Gasteiger partial charge in [0.25, 0.3) is 0 Å². The Morgan fingerprint density at radius 3 is 2.61 bits per heavy atom. The van der Waals surface area contributed by atoms with Crippen molar-refractivity contribution in [2.45, 2.75) is 38.2 Å². The first kappa shape index (κ1) is 24.8. The first-order valence-corrected chi connectivity index (χ1v) is 13.0. The van der Waals surface area contributed by atoms with E-state index in [4.69, 9.17) is 22.1 Å². The van der Waals surface area contributed by atoms with E-state index in [1.165, 1.54) is 17.7 Å². The van der Waals surface area contributed by atoms with Crippen molar-refractivity contribution in [3.05, 3.63) is 93.8 Å². The number of anilines is 1. The molecule has 1 aliphatic carbocycles. The summed E-state index contributed by atoms with van der Waals surface area (Å²) in [5, 5.41) is 0.411. The van der Waals surface area contributed by atoms with Gasteiger partial charge in [-0.2, -0.15) is 0 Å². The second kappa shape index (κ2) is 11.0. The molecule has 1 atom stereocenters. The molecule has 0 spiro atoms. The third-order valence-electron chi connectivity index (χ3n) is 7.12. The Bertz CT molecular complexity index is 1260. The van der Waals surface area contributed by atoms with Crippen LogP contribution in [0.3, 0.4) is 0 Å². The zero-order chi connectivity index (χ0) is 25.1. The van der Waals surface area contributed by atoms with Crippen LogP contribution in [0.25, 0.3) is 11.1 Å². The SMILES string of the molecule is Nc1ccc2c(c1)C(c1ccc(O[C@H]3CCN(CCCF)C3)cc1)=C(c1ccc(F)cc1Cl)CCC2. The zero-order valence-corrected chi connectivity index (χ0v) is 21.0. The normalized spacial score (nSPS) is 18.2. The van der Waals surface area contributed by atoms with Gasteiger partial charge in [-0.3, -0.25) is 9.29 Å². The lowest BCUT2D eigenvalue weighted by atomic mass is 9.87. The molecular weight excluding hydrogens is 478 g/mol. The molecule has 1 aliphatic heterocycles. The van der Waals surface area contributed by atoms with Crippen LogP contribution in [0.1, 0.15) is 47.9 Å². The van der Waals surface area contributed by atoms with Crippen LogP contribution in [-0.2, 0) is 6.42 Å². The molecule has 5 rings (SSSR count). The lowest BCUT2D eigenvalue weighted by Gasteiger charge is -2.19. The molecule has 3 aromatic rings. The summed E-state index contributed by atoms with van der Waals surface area (Å²) in [5.41, 5.74) is 13.3. The highest BCUT2D eigenvalue weighted by molar-refractivity contribution is 6.32. The number of nitrogens with zero attached hydrogens (tertiary/aromatic N) is 1. The molecule has 36 heavy (non-hydrogen) atoms. The van der Waals surface area contributed by atoms with Crippen molar-refractivity contribution in [1.82, 2.24) is 4.90 Å². The second-order valence-electron chi connectivity index (χ2n) is 9.64. The Hall–Kier alpha value is -2.89. The third-order valence-corrected chi connectivity index (χ3v) is 7.43. The first-order chi connectivity index (χ1) is 17.5. The van der Waals surface area contributed by atoms with Crippen LogP contribution >= 0.6 is 11.6 Å². The fourth-order valence-corrected chi connectivity index (χ4v) is 5.67. The number of allylic oxidation sites excluding steroid dienone is 1. The Balaban J connectivity index is 1.49. The summed E-state index contributed by atoms with van der Waals surface area (Å²) >= 11 is 6.55. The van der Waals surface area contributed by atoms with E-state index in [0.29, 0.717) is 17.1 Å². The molecule has 1 fully saturated rings. The Morgan fingerprint density at radius 1 is 1.00 bits per heavy atom. The molecule has 0 aromatic heterocycles. The number of hydrogen-bond acceptors (Lipinski definition) is 3. The Kier molecular flexibility index (Phi) is 7.59. The van der Waals surface area contributed by atoms with E-state index >= 15 is 0 Å². The number of benzene rings is 3. The van der Waals surface area contributed by atoms with E-state index in [-0.39, 0.29) is 18.6 Å². The van der Waals surface area contributed by atoms with Crippen LogP contribution < -0.4 is 10.5 Å². The predicted octanol–water partition coefficient (Wildman–Crippen LogP) is 7.17. The van der Waals surface area contributed by atoms with Crippen molar-refractivity contribution < 1.29 is 13.5 Å². The number of rotatable bonds is 7. The molecule has 2 N–H and O–H groups in total. The largest absolute Gasteiger partial charge is 0.489 e. The number of nitrogens with two attached hydrogens (primary N) is 1. The number of alkyl halides is 1. The highest BCUT2D eigenvalue weighted by Crippen LogP contribution is 2.42. The molecule has 0 amide bonds. The summed E-state index contributed by atoms with van der Waals surface area (Å²) in [6, 6.07) is 18.9. The summed E-state index contributed by atoms with van der Waals surface area (Å²) in [7, 11) is 0. The van der Waals surface area contributed by atoms with Gasteiger partial charge in [0.15, 0.2) is 0 Å². The third kappa shape index (κ3) is 5.42. The number of fused-ring (bicyclic) bond motifs is 1. The van der Waals surface area contributed by atoms with Crippen LogP contribution in [0, 0.1) is 5.82 Å². The van der Waals surface area contributed by atoms with Crippen LogP contribution in [0.15, 0.2) is 60.7 Å². The summed E-state index contributed by atoms with van der Waals surface area (Å²) < 4.78 is 32.6. The van der Waals surface area contributed by atoms with Gasteiger partial charge >= 0.3 is 0 Å². The van der Waals surface area contributed by atoms with E-state index in [0.717, 1.165) is 78.9 Å². The van der Waals surface area contributed by atoms with Crippen LogP contribution in [0.2, 0.25) is 5.02 Å². The smallest absolute Gasteiger partial charge is 0.124 e. The molecule has 0 saturated carbocycles. The van der Waals surface area contributed by atoms with E-state index in [1.807, 2.05) is 24.3 Å². The molecule has 0 radical (unpaired) electrons. The van der Waals surface area contributed by atoms with Gasteiger partial charge in [-0.05, 0) is 102 Å². The van der Waals surface area contributed by atoms with Crippen molar-refractivity contribution in [2.24, 2.45) is 0 Å². The minimum absolute atomic E-state index is 0.113. The number of halogens is 3. The topological polar surface area (TPSA) is 38.5 Å². The highest BCUT2D eigenvalue weighted by atomic mass is 35.5. The van der Waals surface area contributed by atoms with Gasteiger partial charge in [0.1, 0.15) is 17.7 Å². The molecule has 3 aromatic carbocycles. The maximum absolute atomic E-state index is 13.9. The molecule has 0 bridgehead atoms. The monoisotopic (exact) mass is 508 g/mol. The molecular formula is C30H31ClF2N2O. The number of hydrogen-bond donors (Lipinski definition) is 1. The van der Waals surface area contributed by atoms with Gasteiger partial charge in [-0.1, -0.05) is 35.9 Å². The Labute approximate surface area is 216 Å². The molecule has 188 valence electrons. The summed E-state index contributed by atoms with van der Waals surface area (Å²) in [6.07, 6.45) is 4.35. The fraction of sp³-hybridized carbons (Fsp3) is 0.333. The van der Waals surface area contributed by atoms with Gasteiger partial charge in [0.05, 0.1) is 11.7 Å². The van der Waals surface area contributed by atoms with Crippen molar-refractivity contribution in [1.29, 1.82) is 0 Å². The van der Waals surface area contributed by atoms with Gasteiger partial charge in [-0.25, -0.2) is 4.39 Å². The van der Waals surface area contributed by atoms with Gasteiger partial charge in [0.2, 0.25) is 0 Å². The summed E-state index contributed by atoms with van der Waals surface area (Å²) in [5.74, 6) is 0.473. The van der Waals surface area contributed by atoms with Crippen LogP contribution in [0.4, 0.5) is 14.5 Å². The standard InChI is InChI=1S/C30H31ClF2N2O/c31-29-17-22(33)8-12-26(29)27-4-1-3-20-5-9-23(34)18-28(20)30(27)21-6-10-24(11-7-21)36-25-13-16-35(19-25)15-2-14-32/h5-12,17-18,25H,1-4,13-16,19,34H2/t25-/m0/s1. The predicted molar refractivity (Wildman–Crippen MR) is 144 cm³/mol. The average Bonchev–Trinajstić information content (AvgIpc) is 3.23. The van der Waals surface area contributed by atoms with Crippen molar-refractivity contribution >= 4 is 28.4 Å². The molecule has 0 unspecified atom stereocenters. The first-order valence-electron chi connectivity index (χ1n) is 12.6. The van der Waals surface area contributed by atoms with E-state index in [9.17, 15) is 8.78 Å². The lowest BCUT2D eigenvalue weighted by Crippen LogP contribution is -2.26. The van der Waals surface area contributed by atoms with E-state index in [1.54, 1.807) is 6.07 Å². The van der Waals surface area contributed by atoms with Crippen LogP contribution in [0.5, 0.6) is 5.75 Å². The van der Waals surface area contributed by atoms with Crippen molar-refractivity contribution in [3.63, 3.8) is 0 Å². The zero-order valence-electron chi connectivity index (χ0n) is 20.3. The molecule has 3 nitrogen and oxygen atoms in total.